The molecule has 1 rings (SSSR count). The molecule has 2 nitrogen and oxygen atoms in total. The van der Waals surface area contributed by atoms with E-state index in [0.717, 1.165) is 8.05 Å². The maximum Gasteiger partial charge on any atom is 0.252 e. The van der Waals surface area contributed by atoms with E-state index in [-0.39, 0.29) is 0 Å². The van der Waals surface area contributed by atoms with Crippen LogP contribution in [0.4, 0.5) is 5.69 Å². The van der Waals surface area contributed by atoms with Crippen LogP contribution in [0, 0.1) is 0 Å². The minimum atomic E-state index is 1.00. The van der Waals surface area contributed by atoms with Crippen molar-refractivity contribution in [2.24, 2.45) is 0 Å². The van der Waals surface area contributed by atoms with E-state index in [2.05, 4.69) is 17.0 Å². The normalized spacial score (nSPS) is 7.91. The zero-order chi connectivity index (χ0) is 8.69. The van der Waals surface area contributed by atoms with Crippen molar-refractivity contribution in [2.45, 2.75) is 0 Å². The quantitative estimate of drug-likeness (QED) is 0.582. The van der Waals surface area contributed by atoms with E-state index in [0.29, 0.717) is 0 Å². The number of hydrogen-bond acceptors (Lipinski definition) is 2. The Morgan fingerprint density at radius 3 is 1.82 bits per heavy atom. The molecule has 0 aliphatic heterocycles. The van der Waals surface area contributed by atoms with E-state index in [1.807, 2.05) is 32.3 Å². The molecular weight excluding hydrogens is 137 g/mol. The molecule has 0 radical (unpaired) electrons. The van der Waals surface area contributed by atoms with Gasteiger partial charge in [-0.25, -0.2) is 0 Å². The van der Waals surface area contributed by atoms with Crippen LogP contribution >= 0.6 is 0 Å². The summed E-state index contributed by atoms with van der Waals surface area (Å²) in [6.07, 6.45) is 0. The van der Waals surface area contributed by atoms with Crippen LogP contribution in [-0.4, -0.2) is 27.2 Å². The minimum Gasteiger partial charge on any atom is -0.458 e. The summed E-state index contributed by atoms with van der Waals surface area (Å²) in [5.74, 6) is 0. The van der Waals surface area contributed by atoms with Gasteiger partial charge in [-0.3, -0.25) is 0 Å². The molecule has 0 aliphatic rings. The molecule has 0 spiro atoms. The van der Waals surface area contributed by atoms with Crippen molar-refractivity contribution >= 4 is 13.7 Å². The molecule has 0 atom stereocenters. The van der Waals surface area contributed by atoms with Crippen molar-refractivity contribution in [3.63, 3.8) is 0 Å². The second kappa shape index (κ2) is 5.80. The van der Waals surface area contributed by atoms with E-state index in [9.17, 15) is 0 Å². The summed E-state index contributed by atoms with van der Waals surface area (Å²) in [6, 6.07) is 10.3. The molecule has 0 aromatic heterocycles. The molecule has 0 fully saturated rings. The lowest BCUT2D eigenvalue weighted by Gasteiger charge is -2.10. The fourth-order valence-corrected chi connectivity index (χ4v) is 0.726. The van der Waals surface area contributed by atoms with Gasteiger partial charge >= 0.3 is 0 Å². The fraction of sp³-hybridized carbons (Fsp3) is 0.250. The zero-order valence-electron chi connectivity index (χ0n) is 7.28. The predicted octanol–water partition coefficient (Wildman–Crippen LogP) is 0.279. The van der Waals surface area contributed by atoms with Gasteiger partial charge in [0, 0.05) is 19.8 Å². The SMILES string of the molecule is BO.CN(C)c1ccccc1. The van der Waals surface area contributed by atoms with Gasteiger partial charge in [0.15, 0.2) is 0 Å². The highest BCUT2D eigenvalue weighted by molar-refractivity contribution is 5.95. The van der Waals surface area contributed by atoms with Crippen LogP contribution in [0.1, 0.15) is 0 Å². The van der Waals surface area contributed by atoms with Gasteiger partial charge in [-0.05, 0) is 12.1 Å². The second-order valence-corrected chi connectivity index (χ2v) is 2.23. The molecule has 0 bridgehead atoms. The van der Waals surface area contributed by atoms with Crippen LogP contribution in [0.3, 0.4) is 0 Å². The number of hydrogen-bond donors (Lipinski definition) is 1. The third-order valence-electron chi connectivity index (χ3n) is 1.27. The monoisotopic (exact) mass is 151 g/mol. The van der Waals surface area contributed by atoms with Crippen molar-refractivity contribution in [1.82, 2.24) is 0 Å². The Morgan fingerprint density at radius 1 is 1.09 bits per heavy atom. The smallest absolute Gasteiger partial charge is 0.252 e. The maximum atomic E-state index is 7.00. The van der Waals surface area contributed by atoms with Crippen LogP contribution in [-0.2, 0) is 0 Å². The van der Waals surface area contributed by atoms with Crippen molar-refractivity contribution in [3.8, 4) is 0 Å². The molecule has 0 amide bonds. The summed E-state index contributed by atoms with van der Waals surface area (Å²) < 4.78 is 0. The Bertz CT molecular complexity index is 177. The van der Waals surface area contributed by atoms with Crippen LogP contribution in [0.25, 0.3) is 0 Å². The summed E-state index contributed by atoms with van der Waals surface area (Å²) in [5.41, 5.74) is 1.25. The van der Waals surface area contributed by atoms with Gasteiger partial charge in [0.05, 0.1) is 0 Å². The lowest BCUT2D eigenvalue weighted by molar-refractivity contribution is 0.629. The van der Waals surface area contributed by atoms with Crippen LogP contribution in [0.15, 0.2) is 30.3 Å². The predicted molar refractivity (Wildman–Crippen MR) is 51.5 cm³/mol. The lowest BCUT2D eigenvalue weighted by atomic mass is 10.3. The van der Waals surface area contributed by atoms with Crippen molar-refractivity contribution in [3.05, 3.63) is 30.3 Å². The van der Waals surface area contributed by atoms with E-state index in [1.54, 1.807) is 0 Å². The first-order chi connectivity index (χ1) is 5.30. The van der Waals surface area contributed by atoms with Crippen LogP contribution in [0.2, 0.25) is 0 Å². The molecule has 1 N–H and O–H groups in total. The van der Waals surface area contributed by atoms with Gasteiger partial charge in [-0.1, -0.05) is 18.2 Å². The first-order valence-corrected chi connectivity index (χ1v) is 3.48. The number of benzene rings is 1. The number of anilines is 1. The van der Waals surface area contributed by atoms with E-state index in [1.165, 1.54) is 5.69 Å². The maximum absolute atomic E-state index is 7.00. The van der Waals surface area contributed by atoms with Crippen molar-refractivity contribution in [2.75, 3.05) is 19.0 Å². The highest BCUT2D eigenvalue weighted by Crippen LogP contribution is 2.07. The average molecular weight is 151 g/mol. The Hall–Kier alpha value is -0.955. The molecule has 60 valence electrons. The summed E-state index contributed by atoms with van der Waals surface area (Å²) in [4.78, 5) is 2.08. The van der Waals surface area contributed by atoms with Crippen molar-refractivity contribution in [1.29, 1.82) is 0 Å². The Kier molecular flexibility index (Phi) is 5.30. The molecule has 0 unspecified atom stereocenters. The molecular formula is C8H14BNO. The van der Waals surface area contributed by atoms with Crippen molar-refractivity contribution < 1.29 is 5.02 Å². The van der Waals surface area contributed by atoms with Crippen LogP contribution in [0.5, 0.6) is 0 Å². The highest BCUT2D eigenvalue weighted by atomic mass is 16.2. The van der Waals surface area contributed by atoms with Gasteiger partial charge < -0.3 is 9.92 Å². The first kappa shape index (κ1) is 10.0. The standard InChI is InChI=1S/C8H11N.BH3O/c1-9(2)8-6-4-3-5-7-8;1-2/h3-7H,1-2H3;2H,1H2. The lowest BCUT2D eigenvalue weighted by Crippen LogP contribution is -2.07. The molecule has 11 heavy (non-hydrogen) atoms. The van der Waals surface area contributed by atoms with E-state index in [4.69, 9.17) is 5.02 Å². The van der Waals surface area contributed by atoms with Gasteiger partial charge in [0.25, 0.3) is 8.05 Å². The number of nitrogens with zero attached hydrogens (tertiary/aromatic N) is 1. The zero-order valence-corrected chi connectivity index (χ0v) is 7.28. The summed E-state index contributed by atoms with van der Waals surface area (Å²) >= 11 is 0. The molecule has 3 heteroatoms. The van der Waals surface area contributed by atoms with Gasteiger partial charge in [-0.15, -0.1) is 0 Å². The summed E-state index contributed by atoms with van der Waals surface area (Å²) in [7, 11) is 5.07. The van der Waals surface area contributed by atoms with E-state index < -0.39 is 0 Å². The second-order valence-electron chi connectivity index (χ2n) is 2.23. The molecule has 1 aromatic rings. The fourth-order valence-electron chi connectivity index (χ4n) is 0.726. The Balaban J connectivity index is 0.000000461. The van der Waals surface area contributed by atoms with Gasteiger partial charge in [0.2, 0.25) is 0 Å². The van der Waals surface area contributed by atoms with Gasteiger partial charge in [-0.2, -0.15) is 0 Å². The molecule has 0 saturated heterocycles. The Morgan fingerprint density at radius 2 is 1.55 bits per heavy atom. The Labute approximate surface area is 68.9 Å². The third kappa shape index (κ3) is 3.68. The largest absolute Gasteiger partial charge is 0.458 e. The third-order valence-corrected chi connectivity index (χ3v) is 1.27. The highest BCUT2D eigenvalue weighted by Gasteiger charge is 1.87. The summed E-state index contributed by atoms with van der Waals surface area (Å²) in [5, 5.41) is 7.00. The first-order valence-electron chi connectivity index (χ1n) is 3.48. The minimum absolute atomic E-state index is 1.00. The molecule has 1 aromatic carbocycles. The van der Waals surface area contributed by atoms with Crippen LogP contribution < -0.4 is 4.90 Å². The molecule has 0 saturated carbocycles. The average Bonchev–Trinajstić information content (AvgIpc) is 2.10. The number of rotatable bonds is 1. The summed E-state index contributed by atoms with van der Waals surface area (Å²) in [6.45, 7) is 0. The molecule has 0 heterocycles. The van der Waals surface area contributed by atoms with Gasteiger partial charge in [0.1, 0.15) is 0 Å². The van der Waals surface area contributed by atoms with E-state index >= 15 is 0 Å². The number of para-hydroxylation sites is 1. The molecule has 0 aliphatic carbocycles. The topological polar surface area (TPSA) is 23.5 Å².